The zero-order valence-corrected chi connectivity index (χ0v) is 7.24. The van der Waals surface area contributed by atoms with Crippen molar-refractivity contribution < 1.29 is 4.79 Å². The van der Waals surface area contributed by atoms with Crippen molar-refractivity contribution in [3.63, 3.8) is 0 Å². The number of hydrogen-bond acceptors (Lipinski definition) is 2. The summed E-state index contributed by atoms with van der Waals surface area (Å²) in [5, 5.41) is 3.02. The maximum Gasteiger partial charge on any atom is 0.160 e. The van der Waals surface area contributed by atoms with Crippen LogP contribution in [0.15, 0.2) is 11.3 Å². The minimum Gasteiger partial charge on any atom is -0.391 e. The highest BCUT2D eigenvalue weighted by atomic mass is 16.1. The molecule has 0 spiro atoms. The third kappa shape index (κ3) is 1.82. The zero-order chi connectivity index (χ0) is 8.27. The Kier molecular flexibility index (Phi) is 2.69. The molecule has 2 nitrogen and oxygen atoms in total. The number of allylic oxidation sites excluding steroid dienone is 2. The van der Waals surface area contributed by atoms with Crippen LogP contribution in [0.25, 0.3) is 0 Å². The Bertz CT molecular complexity index is 194. The van der Waals surface area contributed by atoms with Crippen molar-refractivity contribution in [2.24, 2.45) is 0 Å². The van der Waals surface area contributed by atoms with E-state index in [1.807, 2.05) is 14.0 Å². The molecule has 1 N–H and O–H groups in total. The van der Waals surface area contributed by atoms with Crippen LogP contribution in [0.1, 0.15) is 32.6 Å². The van der Waals surface area contributed by atoms with Gasteiger partial charge in [-0.3, -0.25) is 4.79 Å². The SMILES string of the molecule is CN/C(C)=C1/CCCCC1=O. The molecule has 0 atom stereocenters. The van der Waals surface area contributed by atoms with Crippen LogP contribution in [0.2, 0.25) is 0 Å². The zero-order valence-electron chi connectivity index (χ0n) is 7.24. The van der Waals surface area contributed by atoms with Gasteiger partial charge < -0.3 is 5.32 Å². The van der Waals surface area contributed by atoms with Gasteiger partial charge in [-0.2, -0.15) is 0 Å². The molecule has 0 unspecified atom stereocenters. The number of carbonyl (C=O) groups is 1. The summed E-state index contributed by atoms with van der Waals surface area (Å²) in [6.45, 7) is 1.97. The highest BCUT2D eigenvalue weighted by molar-refractivity contribution is 5.96. The summed E-state index contributed by atoms with van der Waals surface area (Å²) in [6.07, 6.45) is 3.94. The molecule has 1 aliphatic rings. The number of Topliss-reactive ketones (excluding diaryl/α,β-unsaturated/α-hetero) is 1. The molecule has 0 aromatic carbocycles. The fourth-order valence-corrected chi connectivity index (χ4v) is 1.43. The molecular weight excluding hydrogens is 138 g/mol. The molecule has 1 saturated carbocycles. The summed E-state index contributed by atoms with van der Waals surface area (Å²) in [6, 6.07) is 0. The van der Waals surface area contributed by atoms with Crippen LogP contribution in [0, 0.1) is 0 Å². The quantitative estimate of drug-likeness (QED) is 0.580. The lowest BCUT2D eigenvalue weighted by atomic mass is 9.92. The summed E-state index contributed by atoms with van der Waals surface area (Å²) in [4.78, 5) is 11.3. The Morgan fingerprint density at radius 1 is 1.36 bits per heavy atom. The van der Waals surface area contributed by atoms with E-state index in [0.29, 0.717) is 5.78 Å². The van der Waals surface area contributed by atoms with Crippen LogP contribution >= 0.6 is 0 Å². The summed E-state index contributed by atoms with van der Waals surface area (Å²) >= 11 is 0. The molecule has 1 aliphatic carbocycles. The van der Waals surface area contributed by atoms with Crippen molar-refractivity contribution in [1.82, 2.24) is 5.32 Å². The van der Waals surface area contributed by atoms with Crippen molar-refractivity contribution in [3.8, 4) is 0 Å². The van der Waals surface area contributed by atoms with Crippen molar-refractivity contribution in [2.75, 3.05) is 7.05 Å². The highest BCUT2D eigenvalue weighted by Crippen LogP contribution is 2.21. The van der Waals surface area contributed by atoms with Gasteiger partial charge in [-0.15, -0.1) is 0 Å². The molecule has 0 aromatic rings. The fraction of sp³-hybridized carbons (Fsp3) is 0.667. The van der Waals surface area contributed by atoms with Gasteiger partial charge in [0.15, 0.2) is 5.78 Å². The molecule has 0 radical (unpaired) electrons. The topological polar surface area (TPSA) is 29.1 Å². The Labute approximate surface area is 67.7 Å². The first-order valence-corrected chi connectivity index (χ1v) is 4.16. The van der Waals surface area contributed by atoms with E-state index in [1.54, 1.807) is 0 Å². The second-order valence-corrected chi connectivity index (χ2v) is 2.98. The number of rotatable bonds is 1. The van der Waals surface area contributed by atoms with Crippen LogP contribution in [0.4, 0.5) is 0 Å². The average Bonchev–Trinajstić information content (AvgIpc) is 2.04. The summed E-state index contributed by atoms with van der Waals surface area (Å²) < 4.78 is 0. The van der Waals surface area contributed by atoms with Crippen molar-refractivity contribution >= 4 is 5.78 Å². The minimum absolute atomic E-state index is 0.336. The minimum atomic E-state index is 0.336. The molecule has 0 bridgehead atoms. The third-order valence-electron chi connectivity index (χ3n) is 2.24. The van der Waals surface area contributed by atoms with Gasteiger partial charge in [0.2, 0.25) is 0 Å². The van der Waals surface area contributed by atoms with Gasteiger partial charge in [-0.05, 0) is 26.2 Å². The van der Waals surface area contributed by atoms with E-state index in [0.717, 1.165) is 30.5 Å². The van der Waals surface area contributed by atoms with E-state index in [1.165, 1.54) is 6.42 Å². The molecular formula is C9H15NO. The normalized spacial score (nSPS) is 23.3. The lowest BCUT2D eigenvalue weighted by Crippen LogP contribution is -2.15. The molecule has 0 amide bonds. The van der Waals surface area contributed by atoms with Gasteiger partial charge in [0.25, 0.3) is 0 Å². The second-order valence-electron chi connectivity index (χ2n) is 2.98. The predicted molar refractivity (Wildman–Crippen MR) is 45.2 cm³/mol. The van der Waals surface area contributed by atoms with E-state index in [9.17, 15) is 4.79 Å². The smallest absolute Gasteiger partial charge is 0.160 e. The van der Waals surface area contributed by atoms with E-state index < -0.39 is 0 Å². The van der Waals surface area contributed by atoms with Gasteiger partial charge in [0.1, 0.15) is 0 Å². The first-order chi connectivity index (χ1) is 5.25. The van der Waals surface area contributed by atoms with Crippen molar-refractivity contribution in [3.05, 3.63) is 11.3 Å². The lowest BCUT2D eigenvalue weighted by molar-refractivity contribution is -0.116. The van der Waals surface area contributed by atoms with Crippen LogP contribution in [-0.2, 0) is 4.79 Å². The first-order valence-electron chi connectivity index (χ1n) is 4.16. The Morgan fingerprint density at radius 2 is 2.00 bits per heavy atom. The summed E-state index contributed by atoms with van der Waals surface area (Å²) in [7, 11) is 1.87. The van der Waals surface area contributed by atoms with Crippen LogP contribution < -0.4 is 5.32 Å². The maximum absolute atomic E-state index is 11.3. The van der Waals surface area contributed by atoms with Crippen LogP contribution in [-0.4, -0.2) is 12.8 Å². The maximum atomic E-state index is 11.3. The van der Waals surface area contributed by atoms with Gasteiger partial charge in [0.05, 0.1) is 0 Å². The van der Waals surface area contributed by atoms with Crippen molar-refractivity contribution in [1.29, 1.82) is 0 Å². The lowest BCUT2D eigenvalue weighted by Gasteiger charge is -2.15. The molecule has 62 valence electrons. The van der Waals surface area contributed by atoms with Gasteiger partial charge in [0, 0.05) is 24.7 Å². The van der Waals surface area contributed by atoms with E-state index >= 15 is 0 Å². The largest absolute Gasteiger partial charge is 0.391 e. The van der Waals surface area contributed by atoms with E-state index in [4.69, 9.17) is 0 Å². The summed E-state index contributed by atoms with van der Waals surface area (Å²) in [5.41, 5.74) is 2.06. The Hall–Kier alpha value is -0.790. The molecule has 0 aromatic heterocycles. The Balaban J connectivity index is 2.75. The standard InChI is InChI=1S/C9H15NO/c1-7(10-2)8-5-3-4-6-9(8)11/h10H,3-6H2,1-2H3/b8-7-. The van der Waals surface area contributed by atoms with Gasteiger partial charge >= 0.3 is 0 Å². The third-order valence-corrected chi connectivity index (χ3v) is 2.24. The van der Waals surface area contributed by atoms with Crippen LogP contribution in [0.5, 0.6) is 0 Å². The Morgan fingerprint density at radius 3 is 2.55 bits per heavy atom. The van der Waals surface area contributed by atoms with Gasteiger partial charge in [-0.25, -0.2) is 0 Å². The molecule has 0 heterocycles. The molecule has 0 aliphatic heterocycles. The number of nitrogens with one attached hydrogen (secondary N) is 1. The van der Waals surface area contributed by atoms with Crippen molar-refractivity contribution in [2.45, 2.75) is 32.6 Å². The average molecular weight is 153 g/mol. The highest BCUT2D eigenvalue weighted by Gasteiger charge is 2.16. The molecule has 0 saturated heterocycles. The van der Waals surface area contributed by atoms with Crippen LogP contribution in [0.3, 0.4) is 0 Å². The van der Waals surface area contributed by atoms with Gasteiger partial charge in [-0.1, -0.05) is 0 Å². The first kappa shape index (κ1) is 8.31. The number of hydrogen-bond donors (Lipinski definition) is 1. The number of ketones is 1. The fourth-order valence-electron chi connectivity index (χ4n) is 1.43. The monoisotopic (exact) mass is 153 g/mol. The molecule has 1 rings (SSSR count). The van der Waals surface area contributed by atoms with E-state index in [2.05, 4.69) is 5.32 Å². The predicted octanol–water partition coefficient (Wildman–Crippen LogP) is 1.62. The number of carbonyl (C=O) groups excluding carboxylic acids is 1. The van der Waals surface area contributed by atoms with E-state index in [-0.39, 0.29) is 0 Å². The molecule has 2 heteroatoms. The summed E-state index contributed by atoms with van der Waals surface area (Å²) in [5.74, 6) is 0.336. The molecule has 1 fully saturated rings. The molecule has 11 heavy (non-hydrogen) atoms. The second kappa shape index (κ2) is 3.56.